The average Bonchev–Trinajstić information content (AvgIpc) is 2.15. The molecule has 2 atom stereocenters. The van der Waals surface area contributed by atoms with Gasteiger partial charge in [0.25, 0.3) is 0 Å². The summed E-state index contributed by atoms with van der Waals surface area (Å²) in [6.07, 6.45) is 5.05. The van der Waals surface area contributed by atoms with Gasteiger partial charge >= 0.3 is 0 Å². The predicted molar refractivity (Wildman–Crippen MR) is 63.6 cm³/mol. The molecule has 0 radical (unpaired) electrons. The van der Waals surface area contributed by atoms with Gasteiger partial charge in [-0.25, -0.2) is 0 Å². The van der Waals surface area contributed by atoms with Crippen LogP contribution in [-0.2, 0) is 4.79 Å². The van der Waals surface area contributed by atoms with Gasteiger partial charge in [0, 0.05) is 18.5 Å². The number of amides is 1. The summed E-state index contributed by atoms with van der Waals surface area (Å²) in [5, 5.41) is 0. The molecule has 0 saturated heterocycles. The number of hydrogen-bond donors (Lipinski definition) is 0. The largest absolute Gasteiger partial charge is 0.342 e. The van der Waals surface area contributed by atoms with Crippen molar-refractivity contribution in [2.75, 3.05) is 7.05 Å². The molecule has 1 rings (SSSR count). The standard InChI is InChI=1S/C13H25NO/c1-10-8-6-7-9-11(10)14(5)12(15)13(2,3)4/h10-11H,6-9H2,1-5H3. The van der Waals surface area contributed by atoms with Gasteiger partial charge in [0.2, 0.25) is 5.91 Å². The quantitative estimate of drug-likeness (QED) is 0.652. The van der Waals surface area contributed by atoms with E-state index in [0.717, 1.165) is 0 Å². The summed E-state index contributed by atoms with van der Waals surface area (Å²) in [5.74, 6) is 0.941. The van der Waals surface area contributed by atoms with Gasteiger partial charge in [-0.15, -0.1) is 0 Å². The molecule has 2 unspecified atom stereocenters. The van der Waals surface area contributed by atoms with E-state index in [1.165, 1.54) is 25.7 Å². The van der Waals surface area contributed by atoms with Crippen LogP contribution < -0.4 is 0 Å². The Hall–Kier alpha value is -0.530. The number of rotatable bonds is 1. The van der Waals surface area contributed by atoms with Crippen LogP contribution in [0.4, 0.5) is 0 Å². The Morgan fingerprint density at radius 1 is 1.20 bits per heavy atom. The molecule has 1 saturated carbocycles. The van der Waals surface area contributed by atoms with Crippen LogP contribution in [0.2, 0.25) is 0 Å². The van der Waals surface area contributed by atoms with E-state index in [1.54, 1.807) is 0 Å². The van der Waals surface area contributed by atoms with Crippen LogP contribution in [0, 0.1) is 11.3 Å². The molecule has 0 heterocycles. The lowest BCUT2D eigenvalue weighted by Gasteiger charge is -2.39. The van der Waals surface area contributed by atoms with E-state index in [2.05, 4.69) is 6.92 Å². The van der Waals surface area contributed by atoms with Crippen molar-refractivity contribution in [3.05, 3.63) is 0 Å². The third-order valence-corrected chi connectivity index (χ3v) is 3.53. The molecule has 1 fully saturated rings. The Bertz CT molecular complexity index is 229. The lowest BCUT2D eigenvalue weighted by molar-refractivity contribution is -0.141. The molecular weight excluding hydrogens is 186 g/mol. The first-order valence-electron chi connectivity index (χ1n) is 6.11. The maximum Gasteiger partial charge on any atom is 0.227 e. The maximum atomic E-state index is 12.1. The first kappa shape index (κ1) is 12.5. The van der Waals surface area contributed by atoms with Gasteiger partial charge in [-0.3, -0.25) is 4.79 Å². The third-order valence-electron chi connectivity index (χ3n) is 3.53. The fourth-order valence-electron chi connectivity index (χ4n) is 2.55. The smallest absolute Gasteiger partial charge is 0.227 e. The Balaban J connectivity index is 2.66. The van der Waals surface area contributed by atoms with Crippen LogP contribution in [0.1, 0.15) is 53.4 Å². The van der Waals surface area contributed by atoms with Crippen molar-refractivity contribution >= 4 is 5.91 Å². The zero-order chi connectivity index (χ0) is 11.6. The predicted octanol–water partition coefficient (Wildman–Crippen LogP) is 3.07. The van der Waals surface area contributed by atoms with Crippen molar-refractivity contribution in [3.63, 3.8) is 0 Å². The minimum atomic E-state index is -0.244. The minimum Gasteiger partial charge on any atom is -0.342 e. The van der Waals surface area contributed by atoms with Gasteiger partial charge in [-0.1, -0.05) is 40.5 Å². The molecule has 0 spiro atoms. The average molecular weight is 211 g/mol. The fraction of sp³-hybridized carbons (Fsp3) is 0.923. The summed E-state index contributed by atoms with van der Waals surface area (Å²) in [6, 6.07) is 0.463. The first-order chi connectivity index (χ1) is 6.84. The van der Waals surface area contributed by atoms with Crippen LogP contribution in [0.15, 0.2) is 0 Å². The van der Waals surface area contributed by atoms with Gasteiger partial charge < -0.3 is 4.90 Å². The van der Waals surface area contributed by atoms with Crippen molar-refractivity contribution in [2.24, 2.45) is 11.3 Å². The highest BCUT2D eigenvalue weighted by Crippen LogP contribution is 2.29. The maximum absolute atomic E-state index is 12.1. The van der Waals surface area contributed by atoms with Crippen LogP contribution in [0.3, 0.4) is 0 Å². The monoisotopic (exact) mass is 211 g/mol. The molecule has 88 valence electrons. The van der Waals surface area contributed by atoms with E-state index in [-0.39, 0.29) is 11.3 Å². The summed E-state index contributed by atoms with van der Waals surface area (Å²) in [5.41, 5.74) is -0.244. The zero-order valence-corrected chi connectivity index (χ0v) is 10.8. The normalized spacial score (nSPS) is 27.5. The number of nitrogens with zero attached hydrogens (tertiary/aromatic N) is 1. The molecule has 1 amide bonds. The molecule has 0 aliphatic heterocycles. The van der Waals surface area contributed by atoms with E-state index in [0.29, 0.717) is 12.0 Å². The summed E-state index contributed by atoms with van der Waals surface area (Å²) in [7, 11) is 1.97. The molecular formula is C13H25NO. The Morgan fingerprint density at radius 3 is 2.20 bits per heavy atom. The molecule has 15 heavy (non-hydrogen) atoms. The second-order valence-electron chi connectivity index (χ2n) is 6.00. The Kier molecular flexibility index (Phi) is 3.80. The highest BCUT2D eigenvalue weighted by Gasteiger charge is 2.32. The van der Waals surface area contributed by atoms with E-state index in [1.807, 2.05) is 32.7 Å². The molecule has 1 aliphatic rings. The van der Waals surface area contributed by atoms with Gasteiger partial charge in [0.05, 0.1) is 0 Å². The number of carbonyl (C=O) groups is 1. The first-order valence-corrected chi connectivity index (χ1v) is 6.11. The van der Waals surface area contributed by atoms with Crippen LogP contribution in [0.5, 0.6) is 0 Å². The molecule has 0 aromatic heterocycles. The highest BCUT2D eigenvalue weighted by atomic mass is 16.2. The van der Waals surface area contributed by atoms with E-state index < -0.39 is 0 Å². The number of hydrogen-bond acceptors (Lipinski definition) is 1. The van der Waals surface area contributed by atoms with E-state index in [4.69, 9.17) is 0 Å². The lowest BCUT2D eigenvalue weighted by Crippen LogP contribution is -2.47. The Labute approximate surface area is 94.0 Å². The summed E-state index contributed by atoms with van der Waals surface area (Å²) < 4.78 is 0. The molecule has 2 nitrogen and oxygen atoms in total. The van der Waals surface area contributed by atoms with Crippen LogP contribution >= 0.6 is 0 Å². The second kappa shape index (κ2) is 4.54. The van der Waals surface area contributed by atoms with Gasteiger partial charge in [-0.05, 0) is 18.8 Å². The molecule has 2 heteroatoms. The SMILES string of the molecule is CC1CCCCC1N(C)C(=O)C(C)(C)C. The third kappa shape index (κ3) is 2.96. The van der Waals surface area contributed by atoms with E-state index >= 15 is 0 Å². The minimum absolute atomic E-state index is 0.244. The van der Waals surface area contributed by atoms with Crippen LogP contribution in [0.25, 0.3) is 0 Å². The van der Waals surface area contributed by atoms with Gasteiger partial charge in [0.15, 0.2) is 0 Å². The van der Waals surface area contributed by atoms with Gasteiger partial charge in [-0.2, -0.15) is 0 Å². The van der Waals surface area contributed by atoms with Crippen molar-refractivity contribution < 1.29 is 4.79 Å². The molecule has 0 bridgehead atoms. The van der Waals surface area contributed by atoms with Crippen molar-refractivity contribution in [1.82, 2.24) is 4.90 Å². The highest BCUT2D eigenvalue weighted by molar-refractivity contribution is 5.81. The molecule has 0 N–H and O–H groups in total. The van der Waals surface area contributed by atoms with Gasteiger partial charge in [0.1, 0.15) is 0 Å². The van der Waals surface area contributed by atoms with E-state index in [9.17, 15) is 4.79 Å². The van der Waals surface area contributed by atoms with Crippen LogP contribution in [-0.4, -0.2) is 23.9 Å². The molecule has 0 aromatic carbocycles. The van der Waals surface area contributed by atoms with Crippen molar-refractivity contribution in [3.8, 4) is 0 Å². The topological polar surface area (TPSA) is 20.3 Å². The summed E-state index contributed by atoms with van der Waals surface area (Å²) in [6.45, 7) is 8.27. The zero-order valence-electron chi connectivity index (χ0n) is 10.8. The number of carbonyl (C=O) groups excluding carboxylic acids is 1. The Morgan fingerprint density at radius 2 is 1.73 bits per heavy atom. The fourth-order valence-corrected chi connectivity index (χ4v) is 2.55. The molecule has 1 aliphatic carbocycles. The summed E-state index contributed by atoms with van der Waals surface area (Å²) >= 11 is 0. The summed E-state index contributed by atoms with van der Waals surface area (Å²) in [4.78, 5) is 14.1. The van der Waals surface area contributed by atoms with Crippen molar-refractivity contribution in [2.45, 2.75) is 59.4 Å². The second-order valence-corrected chi connectivity index (χ2v) is 6.00. The van der Waals surface area contributed by atoms with Crippen molar-refractivity contribution in [1.29, 1.82) is 0 Å². The molecule has 0 aromatic rings. The lowest BCUT2D eigenvalue weighted by atomic mass is 9.83.